The van der Waals surface area contributed by atoms with Crippen molar-refractivity contribution in [3.8, 4) is 0 Å². The van der Waals surface area contributed by atoms with Gasteiger partial charge in [-0.1, -0.05) is 22.9 Å². The zero-order valence-electron chi connectivity index (χ0n) is 11.8. The number of amides is 1. The minimum atomic E-state index is 0.0421. The largest absolute Gasteiger partial charge is 0.361 e. The summed E-state index contributed by atoms with van der Waals surface area (Å²) in [6.07, 6.45) is 1.96. The van der Waals surface area contributed by atoms with Gasteiger partial charge in [0.1, 0.15) is 11.5 Å². The van der Waals surface area contributed by atoms with Gasteiger partial charge in [0.15, 0.2) is 0 Å². The number of rotatable bonds is 2. The molecule has 20 heavy (non-hydrogen) atoms. The second-order valence-electron chi connectivity index (χ2n) is 5.39. The molecule has 104 valence electrons. The van der Waals surface area contributed by atoms with Crippen LogP contribution in [0.4, 0.5) is 0 Å². The van der Waals surface area contributed by atoms with Gasteiger partial charge in [0, 0.05) is 18.2 Å². The van der Waals surface area contributed by atoms with E-state index in [1.54, 1.807) is 0 Å². The minimum absolute atomic E-state index is 0.0421. The molecule has 0 saturated carbocycles. The Hall–Kier alpha value is -2.10. The first kappa shape index (κ1) is 12.9. The summed E-state index contributed by atoms with van der Waals surface area (Å²) >= 11 is 0. The standard InChI is InChI=1S/C16H18N2O2/c1-11-5-3-6-13(9-11)16(19)18-8-4-7-15(18)14-10-12(2)20-17-14/h3,5-6,9-10,15H,4,7-8H2,1-2H3/t15-/m1/s1. The Labute approximate surface area is 118 Å². The summed E-state index contributed by atoms with van der Waals surface area (Å²) in [6.45, 7) is 4.65. The lowest BCUT2D eigenvalue weighted by Gasteiger charge is -2.23. The molecule has 1 amide bonds. The molecule has 1 aromatic carbocycles. The molecular formula is C16H18N2O2. The summed E-state index contributed by atoms with van der Waals surface area (Å²) in [7, 11) is 0. The number of aryl methyl sites for hydroxylation is 2. The Kier molecular flexibility index (Phi) is 3.30. The molecule has 0 bridgehead atoms. The normalized spacial score (nSPS) is 18.5. The SMILES string of the molecule is Cc1cccc(C(=O)N2CCC[C@@H]2c2cc(C)on2)c1. The molecule has 1 aliphatic heterocycles. The summed E-state index contributed by atoms with van der Waals surface area (Å²) in [5.41, 5.74) is 2.71. The van der Waals surface area contributed by atoms with E-state index in [2.05, 4.69) is 5.16 Å². The van der Waals surface area contributed by atoms with E-state index in [1.165, 1.54) is 0 Å². The van der Waals surface area contributed by atoms with E-state index < -0.39 is 0 Å². The molecule has 0 spiro atoms. The van der Waals surface area contributed by atoms with Gasteiger partial charge in [-0.2, -0.15) is 0 Å². The van der Waals surface area contributed by atoms with Gasteiger partial charge in [-0.15, -0.1) is 0 Å². The summed E-state index contributed by atoms with van der Waals surface area (Å²) in [5, 5.41) is 4.07. The number of hydrogen-bond acceptors (Lipinski definition) is 3. The van der Waals surface area contributed by atoms with Crippen LogP contribution in [0.15, 0.2) is 34.9 Å². The molecule has 1 fully saturated rings. The lowest BCUT2D eigenvalue weighted by Crippen LogP contribution is -2.30. The van der Waals surface area contributed by atoms with E-state index in [1.807, 2.05) is 49.1 Å². The number of benzene rings is 1. The maximum atomic E-state index is 12.7. The van der Waals surface area contributed by atoms with Crippen molar-refractivity contribution >= 4 is 5.91 Å². The van der Waals surface area contributed by atoms with Crippen molar-refractivity contribution < 1.29 is 9.32 Å². The van der Waals surface area contributed by atoms with Gasteiger partial charge in [-0.25, -0.2) is 0 Å². The van der Waals surface area contributed by atoms with Crippen LogP contribution >= 0.6 is 0 Å². The van der Waals surface area contributed by atoms with E-state index >= 15 is 0 Å². The third-order valence-corrected chi connectivity index (χ3v) is 3.77. The average molecular weight is 270 g/mol. The molecule has 0 radical (unpaired) electrons. The lowest BCUT2D eigenvalue weighted by molar-refractivity contribution is 0.0730. The number of hydrogen-bond donors (Lipinski definition) is 0. The Morgan fingerprint density at radius 1 is 1.35 bits per heavy atom. The van der Waals surface area contributed by atoms with E-state index in [0.29, 0.717) is 0 Å². The molecule has 1 aliphatic rings. The maximum absolute atomic E-state index is 12.7. The fraction of sp³-hybridized carbons (Fsp3) is 0.375. The Balaban J connectivity index is 1.87. The zero-order valence-corrected chi connectivity index (χ0v) is 11.8. The van der Waals surface area contributed by atoms with Crippen LogP contribution in [0.5, 0.6) is 0 Å². The van der Waals surface area contributed by atoms with Crippen LogP contribution < -0.4 is 0 Å². The van der Waals surface area contributed by atoms with Crippen molar-refractivity contribution in [2.75, 3.05) is 6.54 Å². The first-order valence-corrected chi connectivity index (χ1v) is 6.96. The van der Waals surface area contributed by atoms with Crippen LogP contribution in [0, 0.1) is 13.8 Å². The van der Waals surface area contributed by atoms with Crippen LogP contribution in [-0.4, -0.2) is 22.5 Å². The topological polar surface area (TPSA) is 46.3 Å². The van der Waals surface area contributed by atoms with Crippen LogP contribution in [0.1, 0.15) is 46.3 Å². The van der Waals surface area contributed by atoms with Gasteiger partial charge in [0.2, 0.25) is 0 Å². The first-order valence-electron chi connectivity index (χ1n) is 6.96. The van der Waals surface area contributed by atoms with Gasteiger partial charge >= 0.3 is 0 Å². The van der Waals surface area contributed by atoms with E-state index in [9.17, 15) is 4.79 Å². The van der Waals surface area contributed by atoms with E-state index in [0.717, 1.165) is 42.0 Å². The number of aromatic nitrogens is 1. The van der Waals surface area contributed by atoms with Crippen LogP contribution in [0.25, 0.3) is 0 Å². The lowest BCUT2D eigenvalue weighted by atomic mass is 10.1. The average Bonchev–Trinajstić information content (AvgIpc) is 3.06. The third kappa shape index (κ3) is 2.33. The first-order chi connectivity index (χ1) is 9.65. The van der Waals surface area contributed by atoms with Crippen molar-refractivity contribution in [1.82, 2.24) is 10.1 Å². The molecule has 0 N–H and O–H groups in total. The highest BCUT2D eigenvalue weighted by Crippen LogP contribution is 2.32. The molecule has 3 rings (SSSR count). The van der Waals surface area contributed by atoms with Gasteiger partial charge in [-0.3, -0.25) is 4.79 Å². The third-order valence-electron chi connectivity index (χ3n) is 3.77. The Morgan fingerprint density at radius 3 is 2.90 bits per heavy atom. The van der Waals surface area contributed by atoms with Gasteiger partial charge in [0.05, 0.1) is 6.04 Å². The molecule has 1 saturated heterocycles. The number of nitrogens with zero attached hydrogens (tertiary/aromatic N) is 2. The van der Waals surface area contributed by atoms with Crippen LogP contribution in [-0.2, 0) is 0 Å². The summed E-state index contributed by atoms with van der Waals surface area (Å²) < 4.78 is 5.14. The van der Waals surface area contributed by atoms with Crippen LogP contribution in [0.3, 0.4) is 0 Å². The highest BCUT2D eigenvalue weighted by atomic mass is 16.5. The number of likely N-dealkylation sites (tertiary alicyclic amines) is 1. The fourth-order valence-corrected chi connectivity index (χ4v) is 2.80. The molecule has 4 heteroatoms. The molecular weight excluding hydrogens is 252 g/mol. The smallest absolute Gasteiger partial charge is 0.254 e. The second-order valence-corrected chi connectivity index (χ2v) is 5.39. The van der Waals surface area contributed by atoms with Crippen molar-refractivity contribution in [2.45, 2.75) is 32.7 Å². The monoisotopic (exact) mass is 270 g/mol. The highest BCUT2D eigenvalue weighted by molar-refractivity contribution is 5.94. The molecule has 1 atom stereocenters. The molecule has 0 unspecified atom stereocenters. The van der Waals surface area contributed by atoms with Gasteiger partial charge < -0.3 is 9.42 Å². The summed E-state index contributed by atoms with van der Waals surface area (Å²) in [5.74, 6) is 0.867. The van der Waals surface area contributed by atoms with Crippen molar-refractivity contribution in [2.24, 2.45) is 0 Å². The summed E-state index contributed by atoms with van der Waals surface area (Å²) in [6, 6.07) is 9.70. The van der Waals surface area contributed by atoms with Gasteiger partial charge in [-0.05, 0) is 38.8 Å². The number of carbonyl (C=O) groups excluding carboxylic acids is 1. The predicted octanol–water partition coefficient (Wildman–Crippen LogP) is 3.27. The predicted molar refractivity (Wildman–Crippen MR) is 75.4 cm³/mol. The molecule has 2 aromatic rings. The maximum Gasteiger partial charge on any atom is 0.254 e. The van der Waals surface area contributed by atoms with E-state index in [-0.39, 0.29) is 11.9 Å². The van der Waals surface area contributed by atoms with Crippen molar-refractivity contribution in [3.05, 3.63) is 52.9 Å². The van der Waals surface area contributed by atoms with Crippen molar-refractivity contribution in [3.63, 3.8) is 0 Å². The highest BCUT2D eigenvalue weighted by Gasteiger charge is 2.32. The Morgan fingerprint density at radius 2 is 2.20 bits per heavy atom. The van der Waals surface area contributed by atoms with Crippen molar-refractivity contribution in [1.29, 1.82) is 0 Å². The second kappa shape index (κ2) is 5.12. The summed E-state index contributed by atoms with van der Waals surface area (Å²) in [4.78, 5) is 14.6. The molecule has 2 heterocycles. The number of carbonyl (C=O) groups is 1. The zero-order chi connectivity index (χ0) is 14.1. The minimum Gasteiger partial charge on any atom is -0.361 e. The Bertz CT molecular complexity index is 633. The fourth-order valence-electron chi connectivity index (χ4n) is 2.80. The van der Waals surface area contributed by atoms with Gasteiger partial charge in [0.25, 0.3) is 5.91 Å². The van der Waals surface area contributed by atoms with Crippen LogP contribution in [0.2, 0.25) is 0 Å². The molecule has 4 nitrogen and oxygen atoms in total. The van der Waals surface area contributed by atoms with E-state index in [4.69, 9.17) is 4.52 Å². The molecule has 1 aromatic heterocycles. The quantitative estimate of drug-likeness (QED) is 0.841. The molecule has 0 aliphatic carbocycles.